The van der Waals surface area contributed by atoms with Crippen molar-refractivity contribution >= 4 is 34.8 Å². The van der Waals surface area contributed by atoms with Gasteiger partial charge in [0.1, 0.15) is 12.3 Å². The van der Waals surface area contributed by atoms with Gasteiger partial charge in [-0.15, -0.1) is 0 Å². The zero-order valence-electron chi connectivity index (χ0n) is 15.2. The zero-order valence-corrected chi connectivity index (χ0v) is 16.0. The van der Waals surface area contributed by atoms with Crippen LogP contribution in [-0.4, -0.2) is 24.0 Å². The van der Waals surface area contributed by atoms with E-state index in [1.165, 1.54) is 4.90 Å². The summed E-state index contributed by atoms with van der Waals surface area (Å²) >= 11 is 6.10. The third-order valence-electron chi connectivity index (χ3n) is 4.37. The molecule has 3 rings (SSSR count). The van der Waals surface area contributed by atoms with Crippen LogP contribution in [0.1, 0.15) is 25.0 Å². The van der Waals surface area contributed by atoms with E-state index in [2.05, 4.69) is 5.32 Å². The standard InChI is InChI=1S/C20H21ClN2O3/c1-12-8-9-17-16(10-12)23(19(25)20(3,4)26-17)11-18(24)22-15-7-5-6-14(21)13(15)2/h5-10H,11H2,1-4H3,(H,22,24). The number of nitrogens with one attached hydrogen (secondary N) is 1. The second-order valence-electron chi connectivity index (χ2n) is 6.94. The number of aryl methyl sites for hydroxylation is 1. The summed E-state index contributed by atoms with van der Waals surface area (Å²) in [6, 6.07) is 10.9. The van der Waals surface area contributed by atoms with Crippen molar-refractivity contribution in [2.75, 3.05) is 16.8 Å². The molecule has 0 saturated heterocycles. The summed E-state index contributed by atoms with van der Waals surface area (Å²) in [4.78, 5) is 26.9. The van der Waals surface area contributed by atoms with Crippen LogP contribution in [0.3, 0.4) is 0 Å². The van der Waals surface area contributed by atoms with E-state index in [-0.39, 0.29) is 18.4 Å². The molecule has 0 unspecified atom stereocenters. The van der Waals surface area contributed by atoms with Gasteiger partial charge in [0.05, 0.1) is 5.69 Å². The van der Waals surface area contributed by atoms with Crippen molar-refractivity contribution in [3.05, 3.63) is 52.5 Å². The normalized spacial score (nSPS) is 15.3. The summed E-state index contributed by atoms with van der Waals surface area (Å²) < 4.78 is 5.81. The van der Waals surface area contributed by atoms with E-state index < -0.39 is 5.60 Å². The molecule has 2 amide bonds. The van der Waals surface area contributed by atoms with Gasteiger partial charge in [-0.1, -0.05) is 23.7 Å². The largest absolute Gasteiger partial charge is 0.476 e. The number of hydrogen-bond donors (Lipinski definition) is 1. The smallest absolute Gasteiger partial charge is 0.271 e. The first kappa shape index (κ1) is 18.3. The van der Waals surface area contributed by atoms with Crippen LogP contribution in [0.2, 0.25) is 5.02 Å². The van der Waals surface area contributed by atoms with E-state index in [1.807, 2.05) is 32.0 Å². The van der Waals surface area contributed by atoms with Crippen molar-refractivity contribution in [2.45, 2.75) is 33.3 Å². The fraction of sp³-hybridized carbons (Fsp3) is 0.300. The molecule has 6 heteroatoms. The SMILES string of the molecule is Cc1ccc2c(c1)N(CC(=O)Nc1cccc(Cl)c1C)C(=O)C(C)(C)O2. The molecule has 0 atom stereocenters. The molecule has 2 aromatic rings. The van der Waals surface area contributed by atoms with Crippen molar-refractivity contribution < 1.29 is 14.3 Å². The van der Waals surface area contributed by atoms with Gasteiger partial charge >= 0.3 is 0 Å². The molecule has 26 heavy (non-hydrogen) atoms. The molecule has 1 heterocycles. The topological polar surface area (TPSA) is 58.6 Å². The number of hydrogen-bond acceptors (Lipinski definition) is 3. The number of ether oxygens (including phenoxy) is 1. The number of amides is 2. The Hall–Kier alpha value is -2.53. The summed E-state index contributed by atoms with van der Waals surface area (Å²) in [6.07, 6.45) is 0. The van der Waals surface area contributed by atoms with Crippen LogP contribution in [-0.2, 0) is 9.59 Å². The van der Waals surface area contributed by atoms with Crippen LogP contribution in [0.4, 0.5) is 11.4 Å². The monoisotopic (exact) mass is 372 g/mol. The molecule has 0 radical (unpaired) electrons. The highest BCUT2D eigenvalue weighted by atomic mass is 35.5. The van der Waals surface area contributed by atoms with Gasteiger partial charge in [0, 0.05) is 10.7 Å². The Kier molecular flexibility index (Phi) is 4.67. The quantitative estimate of drug-likeness (QED) is 0.882. The Morgan fingerprint density at radius 2 is 1.96 bits per heavy atom. The lowest BCUT2D eigenvalue weighted by Gasteiger charge is -2.38. The van der Waals surface area contributed by atoms with Gasteiger partial charge in [-0.3, -0.25) is 14.5 Å². The van der Waals surface area contributed by atoms with E-state index in [0.29, 0.717) is 22.1 Å². The van der Waals surface area contributed by atoms with E-state index in [1.54, 1.807) is 32.0 Å². The first-order valence-corrected chi connectivity index (χ1v) is 8.73. The molecule has 1 N–H and O–H groups in total. The van der Waals surface area contributed by atoms with Crippen LogP contribution in [0.25, 0.3) is 0 Å². The molecule has 1 aliphatic rings. The average molecular weight is 373 g/mol. The van der Waals surface area contributed by atoms with Crippen LogP contribution in [0, 0.1) is 13.8 Å². The second-order valence-corrected chi connectivity index (χ2v) is 7.34. The number of benzene rings is 2. The Morgan fingerprint density at radius 3 is 2.69 bits per heavy atom. The van der Waals surface area contributed by atoms with E-state index >= 15 is 0 Å². The van der Waals surface area contributed by atoms with E-state index in [4.69, 9.17) is 16.3 Å². The summed E-state index contributed by atoms with van der Waals surface area (Å²) in [6.45, 7) is 7.06. The third-order valence-corrected chi connectivity index (χ3v) is 4.78. The van der Waals surface area contributed by atoms with E-state index in [9.17, 15) is 9.59 Å². The van der Waals surface area contributed by atoms with Gasteiger partial charge in [0.25, 0.3) is 5.91 Å². The molecule has 136 valence electrons. The molecule has 0 saturated carbocycles. The van der Waals surface area contributed by atoms with E-state index in [0.717, 1.165) is 11.1 Å². The van der Waals surface area contributed by atoms with Crippen molar-refractivity contribution in [3.8, 4) is 5.75 Å². The van der Waals surface area contributed by atoms with Crippen LogP contribution >= 0.6 is 11.6 Å². The fourth-order valence-corrected chi connectivity index (χ4v) is 3.09. The molecule has 0 spiro atoms. The summed E-state index contributed by atoms with van der Waals surface area (Å²) in [5, 5.41) is 3.41. The number of carbonyl (C=O) groups excluding carboxylic acids is 2. The molecule has 0 aliphatic carbocycles. The lowest BCUT2D eigenvalue weighted by molar-refractivity contribution is -0.133. The van der Waals surface area contributed by atoms with Gasteiger partial charge in [0.15, 0.2) is 5.60 Å². The summed E-state index contributed by atoms with van der Waals surface area (Å²) in [5.74, 6) is 0.0365. The highest BCUT2D eigenvalue weighted by Crippen LogP contribution is 2.38. The van der Waals surface area contributed by atoms with Crippen LogP contribution < -0.4 is 15.0 Å². The highest BCUT2D eigenvalue weighted by Gasteiger charge is 2.41. The van der Waals surface area contributed by atoms with Crippen molar-refractivity contribution in [3.63, 3.8) is 0 Å². The fourth-order valence-electron chi connectivity index (χ4n) is 2.91. The van der Waals surface area contributed by atoms with Gasteiger partial charge in [-0.05, 0) is 63.1 Å². The van der Waals surface area contributed by atoms with Crippen molar-refractivity contribution in [1.82, 2.24) is 0 Å². The molecule has 0 fully saturated rings. The maximum absolute atomic E-state index is 12.8. The van der Waals surface area contributed by atoms with Gasteiger partial charge in [-0.2, -0.15) is 0 Å². The summed E-state index contributed by atoms with van der Waals surface area (Å²) in [7, 11) is 0. The number of halogens is 1. The average Bonchev–Trinajstić information content (AvgIpc) is 2.57. The third kappa shape index (κ3) is 3.40. The minimum absolute atomic E-state index is 0.103. The van der Waals surface area contributed by atoms with Gasteiger partial charge in [-0.25, -0.2) is 0 Å². The maximum atomic E-state index is 12.8. The molecule has 2 aromatic carbocycles. The van der Waals surface area contributed by atoms with Crippen molar-refractivity contribution in [2.24, 2.45) is 0 Å². The number of nitrogens with zero attached hydrogens (tertiary/aromatic N) is 1. The lowest BCUT2D eigenvalue weighted by Crippen LogP contribution is -2.54. The number of rotatable bonds is 3. The Bertz CT molecular complexity index is 893. The Balaban J connectivity index is 1.88. The highest BCUT2D eigenvalue weighted by molar-refractivity contribution is 6.31. The zero-order chi connectivity index (χ0) is 19.1. The molecule has 5 nitrogen and oxygen atoms in total. The van der Waals surface area contributed by atoms with Crippen molar-refractivity contribution in [1.29, 1.82) is 0 Å². The first-order valence-electron chi connectivity index (χ1n) is 8.35. The predicted octanol–water partition coefficient (Wildman–Crippen LogP) is 4.10. The Morgan fingerprint density at radius 1 is 1.23 bits per heavy atom. The molecular formula is C20H21ClN2O3. The van der Waals surface area contributed by atoms with Gasteiger partial charge in [0.2, 0.25) is 5.91 Å². The molecule has 0 aromatic heterocycles. The second kappa shape index (κ2) is 6.65. The maximum Gasteiger partial charge on any atom is 0.271 e. The lowest BCUT2D eigenvalue weighted by atomic mass is 10.0. The first-order chi connectivity index (χ1) is 12.2. The number of anilines is 2. The van der Waals surface area contributed by atoms with Crippen LogP contribution in [0.5, 0.6) is 5.75 Å². The molecular weight excluding hydrogens is 352 g/mol. The minimum atomic E-state index is -1.03. The summed E-state index contributed by atoms with van der Waals surface area (Å²) in [5.41, 5.74) is 1.97. The number of carbonyl (C=O) groups is 2. The molecule has 1 aliphatic heterocycles. The molecule has 0 bridgehead atoms. The van der Waals surface area contributed by atoms with Gasteiger partial charge < -0.3 is 10.1 Å². The number of fused-ring (bicyclic) bond motifs is 1. The Labute approximate surface area is 157 Å². The van der Waals surface area contributed by atoms with Crippen LogP contribution in [0.15, 0.2) is 36.4 Å². The predicted molar refractivity (Wildman–Crippen MR) is 103 cm³/mol. The minimum Gasteiger partial charge on any atom is -0.476 e.